The van der Waals surface area contributed by atoms with E-state index in [9.17, 15) is 4.79 Å². The van der Waals surface area contributed by atoms with Gasteiger partial charge in [-0.25, -0.2) is 4.79 Å². The van der Waals surface area contributed by atoms with Crippen LogP contribution in [0.4, 0.5) is 10.5 Å². The summed E-state index contributed by atoms with van der Waals surface area (Å²) in [4.78, 5) is 14.0. The van der Waals surface area contributed by atoms with Gasteiger partial charge in [-0.15, -0.1) is 0 Å². The van der Waals surface area contributed by atoms with Crippen LogP contribution in [-0.4, -0.2) is 54.8 Å². The normalized spacial score (nSPS) is 21.6. The highest BCUT2D eigenvalue weighted by atomic mass is 32.2. The van der Waals surface area contributed by atoms with Crippen molar-refractivity contribution in [2.24, 2.45) is 0 Å². The molecular formula is C16H22N2O3S. The molecule has 0 spiro atoms. The SMILES string of the molecule is O=C(Nc1cccc(OCC2CCCO2)c1)N1CCSCC1. The van der Waals surface area contributed by atoms with Crippen LogP contribution >= 0.6 is 11.8 Å². The maximum atomic E-state index is 12.2. The number of ether oxygens (including phenoxy) is 2. The number of thioether (sulfide) groups is 1. The molecule has 2 saturated heterocycles. The van der Waals surface area contributed by atoms with Gasteiger partial charge in [-0.2, -0.15) is 11.8 Å². The lowest BCUT2D eigenvalue weighted by Crippen LogP contribution is -2.40. The third-order valence-corrected chi connectivity index (χ3v) is 4.79. The molecule has 120 valence electrons. The Morgan fingerprint density at radius 2 is 2.27 bits per heavy atom. The quantitative estimate of drug-likeness (QED) is 0.926. The van der Waals surface area contributed by atoms with E-state index in [1.165, 1.54) is 0 Å². The van der Waals surface area contributed by atoms with E-state index in [-0.39, 0.29) is 12.1 Å². The predicted octanol–water partition coefficient (Wildman–Crippen LogP) is 2.83. The fraction of sp³-hybridized carbons (Fsp3) is 0.562. The topological polar surface area (TPSA) is 50.8 Å². The number of amides is 2. The standard InChI is InChI=1S/C16H22N2O3S/c19-16(18-6-9-22-10-7-18)17-13-3-1-4-14(11-13)21-12-15-5-2-8-20-15/h1,3-4,11,15H,2,5-10,12H2,(H,17,19). The van der Waals surface area contributed by atoms with Crippen molar-refractivity contribution >= 4 is 23.5 Å². The number of benzene rings is 1. The number of anilines is 1. The highest BCUT2D eigenvalue weighted by Crippen LogP contribution is 2.20. The minimum absolute atomic E-state index is 0.0309. The number of urea groups is 1. The van der Waals surface area contributed by atoms with Crippen molar-refractivity contribution in [1.29, 1.82) is 0 Å². The molecule has 1 atom stereocenters. The minimum atomic E-state index is -0.0309. The van der Waals surface area contributed by atoms with Gasteiger partial charge in [0.1, 0.15) is 12.4 Å². The predicted molar refractivity (Wildman–Crippen MR) is 88.8 cm³/mol. The second kappa shape index (κ2) is 7.74. The fourth-order valence-corrected chi connectivity index (χ4v) is 3.50. The van der Waals surface area contributed by atoms with Crippen LogP contribution in [0, 0.1) is 0 Å². The summed E-state index contributed by atoms with van der Waals surface area (Å²) in [5.41, 5.74) is 0.771. The molecule has 0 radical (unpaired) electrons. The molecular weight excluding hydrogens is 300 g/mol. The number of carbonyl (C=O) groups is 1. The number of hydrogen-bond acceptors (Lipinski definition) is 4. The van der Waals surface area contributed by atoms with E-state index in [4.69, 9.17) is 9.47 Å². The first-order chi connectivity index (χ1) is 10.8. The molecule has 0 aliphatic carbocycles. The summed E-state index contributed by atoms with van der Waals surface area (Å²) in [6, 6.07) is 7.52. The van der Waals surface area contributed by atoms with Crippen LogP contribution in [-0.2, 0) is 4.74 Å². The maximum Gasteiger partial charge on any atom is 0.321 e. The molecule has 0 aromatic heterocycles. The van der Waals surface area contributed by atoms with Crippen molar-refractivity contribution in [2.75, 3.05) is 43.1 Å². The smallest absolute Gasteiger partial charge is 0.321 e. The van der Waals surface area contributed by atoms with Crippen molar-refractivity contribution in [1.82, 2.24) is 4.90 Å². The lowest BCUT2D eigenvalue weighted by Gasteiger charge is -2.26. The Balaban J connectivity index is 1.52. The summed E-state index contributed by atoms with van der Waals surface area (Å²) in [5, 5.41) is 2.95. The summed E-state index contributed by atoms with van der Waals surface area (Å²) in [6.45, 7) is 3.02. The highest BCUT2D eigenvalue weighted by molar-refractivity contribution is 7.99. The third kappa shape index (κ3) is 4.30. The van der Waals surface area contributed by atoms with Crippen LogP contribution in [0.15, 0.2) is 24.3 Å². The fourth-order valence-electron chi connectivity index (χ4n) is 2.60. The molecule has 0 bridgehead atoms. The van der Waals surface area contributed by atoms with E-state index in [2.05, 4.69) is 5.32 Å². The van der Waals surface area contributed by atoms with Crippen molar-refractivity contribution < 1.29 is 14.3 Å². The van der Waals surface area contributed by atoms with Crippen molar-refractivity contribution in [3.63, 3.8) is 0 Å². The van der Waals surface area contributed by atoms with Gasteiger partial charge in [0, 0.05) is 43.0 Å². The Labute approximate surface area is 135 Å². The molecule has 0 saturated carbocycles. The maximum absolute atomic E-state index is 12.2. The van der Waals surface area contributed by atoms with Gasteiger partial charge in [0.25, 0.3) is 0 Å². The number of rotatable bonds is 4. The summed E-state index contributed by atoms with van der Waals surface area (Å²) in [7, 11) is 0. The van der Waals surface area contributed by atoms with Gasteiger partial charge in [0.2, 0.25) is 0 Å². The lowest BCUT2D eigenvalue weighted by atomic mass is 10.2. The molecule has 1 aromatic rings. The average Bonchev–Trinajstić information content (AvgIpc) is 3.08. The number of carbonyl (C=O) groups excluding carboxylic acids is 1. The Morgan fingerprint density at radius 3 is 3.05 bits per heavy atom. The zero-order valence-electron chi connectivity index (χ0n) is 12.6. The van der Waals surface area contributed by atoms with Crippen LogP contribution in [0.1, 0.15) is 12.8 Å². The molecule has 2 amide bonds. The summed E-state index contributed by atoms with van der Waals surface area (Å²) in [6.07, 6.45) is 2.37. The molecule has 22 heavy (non-hydrogen) atoms. The summed E-state index contributed by atoms with van der Waals surface area (Å²) in [5.74, 6) is 2.79. The van der Waals surface area contributed by atoms with Crippen molar-refractivity contribution in [2.45, 2.75) is 18.9 Å². The van der Waals surface area contributed by atoms with E-state index in [1.54, 1.807) is 0 Å². The van der Waals surface area contributed by atoms with E-state index in [0.717, 1.165) is 55.5 Å². The second-order valence-corrected chi connectivity index (χ2v) is 6.73. The molecule has 2 aliphatic heterocycles. The highest BCUT2D eigenvalue weighted by Gasteiger charge is 2.18. The first-order valence-corrected chi connectivity index (χ1v) is 8.95. The van der Waals surface area contributed by atoms with Gasteiger partial charge in [-0.1, -0.05) is 6.07 Å². The first kappa shape index (κ1) is 15.5. The van der Waals surface area contributed by atoms with Gasteiger partial charge < -0.3 is 19.7 Å². The van der Waals surface area contributed by atoms with Crippen LogP contribution < -0.4 is 10.1 Å². The number of nitrogens with one attached hydrogen (secondary N) is 1. The Morgan fingerprint density at radius 1 is 1.41 bits per heavy atom. The molecule has 1 unspecified atom stereocenters. The largest absolute Gasteiger partial charge is 0.491 e. The van der Waals surface area contributed by atoms with Gasteiger partial charge >= 0.3 is 6.03 Å². The monoisotopic (exact) mass is 322 g/mol. The zero-order valence-corrected chi connectivity index (χ0v) is 13.4. The molecule has 3 rings (SSSR count). The molecule has 5 nitrogen and oxygen atoms in total. The van der Waals surface area contributed by atoms with E-state index in [0.29, 0.717) is 6.61 Å². The van der Waals surface area contributed by atoms with Gasteiger partial charge in [-0.05, 0) is 25.0 Å². The molecule has 6 heteroatoms. The van der Waals surface area contributed by atoms with Crippen LogP contribution in [0.5, 0.6) is 5.75 Å². The average molecular weight is 322 g/mol. The Bertz CT molecular complexity index is 500. The van der Waals surface area contributed by atoms with Gasteiger partial charge in [0.15, 0.2) is 0 Å². The number of hydrogen-bond donors (Lipinski definition) is 1. The van der Waals surface area contributed by atoms with Gasteiger partial charge in [0.05, 0.1) is 6.10 Å². The summed E-state index contributed by atoms with van der Waals surface area (Å²) >= 11 is 1.89. The Kier molecular flexibility index (Phi) is 5.45. The van der Waals surface area contributed by atoms with Crippen LogP contribution in [0.2, 0.25) is 0 Å². The first-order valence-electron chi connectivity index (χ1n) is 7.79. The molecule has 1 N–H and O–H groups in total. The van der Waals surface area contributed by atoms with Crippen molar-refractivity contribution in [3.8, 4) is 5.75 Å². The zero-order chi connectivity index (χ0) is 15.2. The lowest BCUT2D eigenvalue weighted by molar-refractivity contribution is 0.0680. The molecule has 1 aromatic carbocycles. The second-order valence-electron chi connectivity index (χ2n) is 5.50. The molecule has 2 fully saturated rings. The van der Waals surface area contributed by atoms with Crippen molar-refractivity contribution in [3.05, 3.63) is 24.3 Å². The minimum Gasteiger partial charge on any atom is -0.491 e. The van der Waals surface area contributed by atoms with E-state index >= 15 is 0 Å². The molecule has 2 heterocycles. The molecule has 2 aliphatic rings. The van der Waals surface area contributed by atoms with Gasteiger partial charge in [-0.3, -0.25) is 0 Å². The third-order valence-electron chi connectivity index (χ3n) is 3.84. The Hall–Kier alpha value is -1.40. The van der Waals surface area contributed by atoms with E-state index < -0.39 is 0 Å². The van der Waals surface area contributed by atoms with Crippen LogP contribution in [0.25, 0.3) is 0 Å². The summed E-state index contributed by atoms with van der Waals surface area (Å²) < 4.78 is 11.3. The van der Waals surface area contributed by atoms with Crippen LogP contribution in [0.3, 0.4) is 0 Å². The van der Waals surface area contributed by atoms with E-state index in [1.807, 2.05) is 40.9 Å². The number of nitrogens with zero attached hydrogens (tertiary/aromatic N) is 1.